The predicted molar refractivity (Wildman–Crippen MR) is 76.5 cm³/mol. The molecule has 102 valence electrons. The summed E-state index contributed by atoms with van der Waals surface area (Å²) < 4.78 is 2.02. The maximum Gasteiger partial charge on any atom is 0.336 e. The topological polar surface area (TPSA) is 55.1 Å². The van der Waals surface area contributed by atoms with E-state index in [2.05, 4.69) is 4.98 Å². The summed E-state index contributed by atoms with van der Waals surface area (Å²) >= 11 is 0. The fourth-order valence-electron chi connectivity index (χ4n) is 2.88. The Morgan fingerprint density at radius 2 is 2.25 bits per heavy atom. The van der Waals surface area contributed by atoms with Gasteiger partial charge in [-0.1, -0.05) is 12.1 Å². The van der Waals surface area contributed by atoms with Crippen LogP contribution < -0.4 is 0 Å². The van der Waals surface area contributed by atoms with Crippen molar-refractivity contribution >= 4 is 11.5 Å². The maximum absolute atomic E-state index is 11.4. The summed E-state index contributed by atoms with van der Waals surface area (Å²) in [6.07, 6.45) is 7.35. The first-order valence-electron chi connectivity index (χ1n) is 6.66. The number of carboxylic acid groups (broad SMARTS) is 1. The van der Waals surface area contributed by atoms with Crippen molar-refractivity contribution in [2.45, 2.75) is 26.3 Å². The Bertz CT molecular complexity index is 685. The summed E-state index contributed by atoms with van der Waals surface area (Å²) in [5, 5.41) is 9.36. The Kier molecular flexibility index (Phi) is 3.14. The van der Waals surface area contributed by atoms with E-state index in [1.165, 1.54) is 5.57 Å². The summed E-state index contributed by atoms with van der Waals surface area (Å²) in [6, 6.07) is 5.54. The van der Waals surface area contributed by atoms with Crippen molar-refractivity contribution in [2.24, 2.45) is 0 Å². The number of benzene rings is 1. The number of imidazole rings is 1. The van der Waals surface area contributed by atoms with Gasteiger partial charge in [0.05, 0.1) is 11.9 Å². The summed E-state index contributed by atoms with van der Waals surface area (Å²) in [7, 11) is 0. The first-order chi connectivity index (χ1) is 9.66. The molecule has 1 N–H and O–H groups in total. The molecule has 3 rings (SSSR count). The predicted octanol–water partition coefficient (Wildman–Crippen LogP) is 3.00. The van der Waals surface area contributed by atoms with Gasteiger partial charge in [-0.3, -0.25) is 0 Å². The van der Waals surface area contributed by atoms with Gasteiger partial charge in [0.1, 0.15) is 0 Å². The highest BCUT2D eigenvalue weighted by Crippen LogP contribution is 2.34. The molecule has 0 atom stereocenters. The van der Waals surface area contributed by atoms with Crippen LogP contribution >= 0.6 is 0 Å². The molecule has 0 aliphatic heterocycles. The van der Waals surface area contributed by atoms with Crippen molar-refractivity contribution in [1.82, 2.24) is 9.55 Å². The number of allylic oxidation sites excluding steroid dienone is 2. The van der Waals surface area contributed by atoms with Crippen LogP contribution in [0.4, 0.5) is 0 Å². The third kappa shape index (κ3) is 2.13. The second-order valence-electron chi connectivity index (χ2n) is 5.11. The third-order valence-corrected chi connectivity index (χ3v) is 3.92. The van der Waals surface area contributed by atoms with Gasteiger partial charge in [-0.25, -0.2) is 9.78 Å². The highest BCUT2D eigenvalue weighted by atomic mass is 16.4. The Hall–Kier alpha value is -2.36. The lowest BCUT2D eigenvalue weighted by molar-refractivity contribution is 0.0696. The Labute approximate surface area is 117 Å². The van der Waals surface area contributed by atoms with E-state index in [0.717, 1.165) is 36.1 Å². The van der Waals surface area contributed by atoms with E-state index < -0.39 is 5.97 Å². The average Bonchev–Trinajstić information content (AvgIpc) is 2.94. The van der Waals surface area contributed by atoms with Crippen molar-refractivity contribution in [3.05, 3.63) is 59.2 Å². The number of carbonyl (C=O) groups is 1. The van der Waals surface area contributed by atoms with E-state index in [9.17, 15) is 9.90 Å². The third-order valence-electron chi connectivity index (χ3n) is 3.92. The van der Waals surface area contributed by atoms with Crippen molar-refractivity contribution in [3.8, 4) is 0 Å². The molecule has 4 nitrogen and oxygen atoms in total. The number of hydrogen-bond donors (Lipinski definition) is 1. The lowest BCUT2D eigenvalue weighted by Crippen LogP contribution is -2.12. The smallest absolute Gasteiger partial charge is 0.336 e. The molecule has 0 amide bonds. The molecule has 1 aliphatic carbocycles. The molecule has 1 aromatic carbocycles. The second kappa shape index (κ2) is 4.96. The molecule has 0 spiro atoms. The van der Waals surface area contributed by atoms with Crippen LogP contribution in [-0.4, -0.2) is 20.6 Å². The van der Waals surface area contributed by atoms with Gasteiger partial charge in [0, 0.05) is 18.9 Å². The molecular formula is C16H16N2O2. The van der Waals surface area contributed by atoms with Crippen molar-refractivity contribution in [3.63, 3.8) is 0 Å². The Balaban J connectivity index is 2.06. The molecule has 0 saturated heterocycles. The van der Waals surface area contributed by atoms with Gasteiger partial charge in [0.15, 0.2) is 0 Å². The minimum Gasteiger partial charge on any atom is -0.478 e. The standard InChI is InChI=1S/C16H16N2O2/c1-11-13(9-18-8-7-17-10-18)6-5-12-3-2-4-14(15(11)12)16(19)20/h2-4,7-8,10H,5-6,9H2,1H3,(H,19,20). The molecule has 0 bridgehead atoms. The van der Waals surface area contributed by atoms with E-state index in [-0.39, 0.29) is 0 Å². The highest BCUT2D eigenvalue weighted by molar-refractivity contribution is 5.95. The van der Waals surface area contributed by atoms with Gasteiger partial charge >= 0.3 is 5.97 Å². The zero-order valence-electron chi connectivity index (χ0n) is 11.3. The van der Waals surface area contributed by atoms with E-state index in [0.29, 0.717) is 5.56 Å². The summed E-state index contributed by atoms with van der Waals surface area (Å²) in [5.74, 6) is -0.856. The monoisotopic (exact) mass is 268 g/mol. The first kappa shape index (κ1) is 12.7. The molecule has 20 heavy (non-hydrogen) atoms. The number of hydrogen-bond acceptors (Lipinski definition) is 2. The van der Waals surface area contributed by atoms with Gasteiger partial charge in [0.2, 0.25) is 0 Å². The normalized spacial score (nSPS) is 14.2. The molecule has 2 aromatic rings. The Morgan fingerprint density at radius 3 is 2.95 bits per heavy atom. The number of aromatic carboxylic acids is 1. The minimum atomic E-state index is -0.856. The van der Waals surface area contributed by atoms with Crippen LogP contribution in [0.3, 0.4) is 0 Å². The molecule has 0 saturated carbocycles. The van der Waals surface area contributed by atoms with Gasteiger partial charge < -0.3 is 9.67 Å². The molecular weight excluding hydrogens is 252 g/mol. The second-order valence-corrected chi connectivity index (χ2v) is 5.11. The fraction of sp³-hybridized carbons (Fsp3) is 0.250. The molecule has 4 heteroatoms. The van der Waals surface area contributed by atoms with E-state index in [1.54, 1.807) is 18.6 Å². The highest BCUT2D eigenvalue weighted by Gasteiger charge is 2.21. The van der Waals surface area contributed by atoms with Crippen molar-refractivity contribution < 1.29 is 9.90 Å². The van der Waals surface area contributed by atoms with Gasteiger partial charge in [-0.05, 0) is 48.1 Å². The number of rotatable bonds is 3. The Morgan fingerprint density at radius 1 is 1.40 bits per heavy atom. The first-order valence-corrected chi connectivity index (χ1v) is 6.66. The average molecular weight is 268 g/mol. The molecule has 0 fully saturated rings. The van der Waals surface area contributed by atoms with Crippen LogP contribution in [0.2, 0.25) is 0 Å². The minimum absolute atomic E-state index is 0.405. The van der Waals surface area contributed by atoms with E-state index in [1.807, 2.05) is 29.8 Å². The largest absolute Gasteiger partial charge is 0.478 e. The van der Waals surface area contributed by atoms with Gasteiger partial charge in [-0.15, -0.1) is 0 Å². The molecule has 0 unspecified atom stereocenters. The molecule has 0 radical (unpaired) electrons. The van der Waals surface area contributed by atoms with Crippen LogP contribution in [0.25, 0.3) is 5.57 Å². The summed E-state index contributed by atoms with van der Waals surface area (Å²) in [4.78, 5) is 15.5. The van der Waals surface area contributed by atoms with Crippen LogP contribution in [-0.2, 0) is 13.0 Å². The lowest BCUT2D eigenvalue weighted by Gasteiger charge is -2.23. The van der Waals surface area contributed by atoms with E-state index >= 15 is 0 Å². The SMILES string of the molecule is CC1=C(Cn2ccnc2)CCc2cccc(C(=O)O)c21. The molecule has 1 heterocycles. The summed E-state index contributed by atoms with van der Waals surface area (Å²) in [5.41, 5.74) is 4.82. The zero-order chi connectivity index (χ0) is 14.1. The van der Waals surface area contributed by atoms with Crippen LogP contribution in [0.1, 0.15) is 34.8 Å². The van der Waals surface area contributed by atoms with Crippen LogP contribution in [0.15, 0.2) is 42.5 Å². The number of nitrogens with zero attached hydrogens (tertiary/aromatic N) is 2. The number of carboxylic acids is 1. The number of aryl methyl sites for hydroxylation is 1. The van der Waals surface area contributed by atoms with Crippen molar-refractivity contribution in [2.75, 3.05) is 0 Å². The van der Waals surface area contributed by atoms with Gasteiger partial charge in [-0.2, -0.15) is 0 Å². The zero-order valence-corrected chi connectivity index (χ0v) is 11.3. The fourth-order valence-corrected chi connectivity index (χ4v) is 2.88. The maximum atomic E-state index is 11.4. The van der Waals surface area contributed by atoms with Crippen LogP contribution in [0.5, 0.6) is 0 Å². The van der Waals surface area contributed by atoms with Crippen molar-refractivity contribution in [1.29, 1.82) is 0 Å². The van der Waals surface area contributed by atoms with Crippen LogP contribution in [0, 0.1) is 0 Å². The molecule has 1 aliphatic rings. The number of fused-ring (bicyclic) bond motifs is 1. The lowest BCUT2D eigenvalue weighted by atomic mass is 9.83. The number of aromatic nitrogens is 2. The van der Waals surface area contributed by atoms with Gasteiger partial charge in [0.25, 0.3) is 0 Å². The molecule has 1 aromatic heterocycles. The van der Waals surface area contributed by atoms with E-state index in [4.69, 9.17) is 0 Å². The summed E-state index contributed by atoms with van der Waals surface area (Å²) in [6.45, 7) is 2.80. The quantitative estimate of drug-likeness (QED) is 0.931.